The van der Waals surface area contributed by atoms with E-state index in [0.717, 1.165) is 17.7 Å². The molecule has 126 valence electrons. The predicted octanol–water partition coefficient (Wildman–Crippen LogP) is 4.69. The van der Waals surface area contributed by atoms with Gasteiger partial charge in [-0.15, -0.1) is 0 Å². The van der Waals surface area contributed by atoms with Crippen LogP contribution in [0.4, 0.5) is 0 Å². The molecule has 1 aliphatic heterocycles. The van der Waals surface area contributed by atoms with Crippen molar-refractivity contribution in [2.45, 2.75) is 32.2 Å². The molecular formula is C21H24O3. The second kappa shape index (κ2) is 8.13. The largest absolute Gasteiger partial charge is 0.497 e. The van der Waals surface area contributed by atoms with E-state index in [1.54, 1.807) is 7.11 Å². The standard InChI is InChI=1S/C21H24O3/c1-16-8-11-20(15-23-14-17-6-4-3-5-7-17)24-21(16)18-9-12-19(22-2)13-10-18/h3-10,12-13,20-21H,11,14-15H2,1-2H3/t20-,21?/m1/s1. The summed E-state index contributed by atoms with van der Waals surface area (Å²) in [5, 5.41) is 0. The molecule has 3 heteroatoms. The van der Waals surface area contributed by atoms with Crippen LogP contribution in [0.3, 0.4) is 0 Å². The molecule has 1 unspecified atom stereocenters. The molecule has 0 amide bonds. The van der Waals surface area contributed by atoms with Crippen molar-refractivity contribution in [3.05, 3.63) is 77.4 Å². The molecule has 0 radical (unpaired) electrons. The second-order valence-corrected chi connectivity index (χ2v) is 6.10. The third-order valence-electron chi connectivity index (χ3n) is 4.28. The van der Waals surface area contributed by atoms with Crippen LogP contribution in [0.5, 0.6) is 5.75 Å². The van der Waals surface area contributed by atoms with Gasteiger partial charge in [0.2, 0.25) is 0 Å². The average Bonchev–Trinajstić information content (AvgIpc) is 2.64. The van der Waals surface area contributed by atoms with E-state index in [9.17, 15) is 0 Å². The minimum Gasteiger partial charge on any atom is -0.497 e. The van der Waals surface area contributed by atoms with Crippen LogP contribution in [0.15, 0.2) is 66.2 Å². The topological polar surface area (TPSA) is 27.7 Å². The van der Waals surface area contributed by atoms with Crippen molar-refractivity contribution >= 4 is 0 Å². The average molecular weight is 324 g/mol. The van der Waals surface area contributed by atoms with Crippen molar-refractivity contribution in [2.24, 2.45) is 0 Å². The first-order valence-electron chi connectivity index (χ1n) is 8.34. The molecule has 0 aliphatic carbocycles. The SMILES string of the molecule is COc1ccc(C2O[C@@H](COCc3ccccc3)CC=C2C)cc1. The zero-order valence-corrected chi connectivity index (χ0v) is 14.3. The molecule has 1 heterocycles. The van der Waals surface area contributed by atoms with Gasteiger partial charge in [-0.1, -0.05) is 48.5 Å². The molecule has 2 aromatic rings. The van der Waals surface area contributed by atoms with Gasteiger partial charge in [0.05, 0.1) is 26.4 Å². The van der Waals surface area contributed by atoms with Crippen molar-refractivity contribution in [1.82, 2.24) is 0 Å². The van der Waals surface area contributed by atoms with Gasteiger partial charge in [-0.2, -0.15) is 0 Å². The number of rotatable bonds is 6. The molecule has 0 saturated heterocycles. The van der Waals surface area contributed by atoms with E-state index in [1.807, 2.05) is 30.3 Å². The lowest BCUT2D eigenvalue weighted by Crippen LogP contribution is -2.26. The van der Waals surface area contributed by atoms with E-state index in [1.165, 1.54) is 11.1 Å². The molecule has 0 bridgehead atoms. The number of hydrogen-bond acceptors (Lipinski definition) is 3. The third-order valence-corrected chi connectivity index (χ3v) is 4.28. The Morgan fingerprint density at radius 3 is 2.50 bits per heavy atom. The van der Waals surface area contributed by atoms with Crippen molar-refractivity contribution < 1.29 is 14.2 Å². The van der Waals surface area contributed by atoms with Crippen molar-refractivity contribution in [1.29, 1.82) is 0 Å². The highest BCUT2D eigenvalue weighted by atomic mass is 16.5. The van der Waals surface area contributed by atoms with Crippen LogP contribution in [0.1, 0.15) is 30.6 Å². The summed E-state index contributed by atoms with van der Waals surface area (Å²) in [6.45, 7) is 3.35. The van der Waals surface area contributed by atoms with Crippen molar-refractivity contribution in [3.63, 3.8) is 0 Å². The van der Waals surface area contributed by atoms with Crippen molar-refractivity contribution in [2.75, 3.05) is 13.7 Å². The number of hydrogen-bond donors (Lipinski definition) is 0. The van der Waals surface area contributed by atoms with Gasteiger partial charge in [-0.25, -0.2) is 0 Å². The molecule has 0 aromatic heterocycles. The van der Waals surface area contributed by atoms with Gasteiger partial charge in [-0.05, 0) is 42.2 Å². The fraction of sp³-hybridized carbons (Fsp3) is 0.333. The highest BCUT2D eigenvalue weighted by molar-refractivity contribution is 5.32. The van der Waals surface area contributed by atoms with E-state index >= 15 is 0 Å². The summed E-state index contributed by atoms with van der Waals surface area (Å²) >= 11 is 0. The third kappa shape index (κ3) is 4.25. The maximum atomic E-state index is 6.26. The van der Waals surface area contributed by atoms with E-state index in [4.69, 9.17) is 14.2 Å². The molecule has 1 aliphatic rings. The van der Waals surface area contributed by atoms with Gasteiger partial charge >= 0.3 is 0 Å². The van der Waals surface area contributed by atoms with Gasteiger partial charge in [0.15, 0.2) is 0 Å². The summed E-state index contributed by atoms with van der Waals surface area (Å²) in [7, 11) is 1.68. The van der Waals surface area contributed by atoms with Crippen LogP contribution < -0.4 is 4.74 Å². The first-order valence-corrected chi connectivity index (χ1v) is 8.34. The van der Waals surface area contributed by atoms with Crippen LogP contribution in [0.2, 0.25) is 0 Å². The van der Waals surface area contributed by atoms with E-state index in [0.29, 0.717) is 13.2 Å². The Bertz CT molecular complexity index is 661. The smallest absolute Gasteiger partial charge is 0.118 e. The lowest BCUT2D eigenvalue weighted by atomic mass is 9.98. The zero-order valence-electron chi connectivity index (χ0n) is 14.3. The Balaban J connectivity index is 1.57. The van der Waals surface area contributed by atoms with Gasteiger partial charge in [0.1, 0.15) is 11.9 Å². The van der Waals surface area contributed by atoms with Gasteiger partial charge < -0.3 is 14.2 Å². The van der Waals surface area contributed by atoms with Crippen LogP contribution in [0, 0.1) is 0 Å². The van der Waals surface area contributed by atoms with Crippen molar-refractivity contribution in [3.8, 4) is 5.75 Å². The monoisotopic (exact) mass is 324 g/mol. The number of benzene rings is 2. The molecule has 0 N–H and O–H groups in total. The van der Waals surface area contributed by atoms with Crippen LogP contribution >= 0.6 is 0 Å². The van der Waals surface area contributed by atoms with Crippen LogP contribution in [0.25, 0.3) is 0 Å². The van der Waals surface area contributed by atoms with E-state index in [-0.39, 0.29) is 12.2 Å². The van der Waals surface area contributed by atoms with Gasteiger partial charge in [0, 0.05) is 0 Å². The number of ether oxygens (including phenoxy) is 3. The Labute approximate surface area is 143 Å². The molecule has 24 heavy (non-hydrogen) atoms. The maximum Gasteiger partial charge on any atom is 0.118 e. The molecule has 0 saturated carbocycles. The minimum atomic E-state index is -0.00465. The number of methoxy groups -OCH3 is 1. The fourth-order valence-electron chi connectivity index (χ4n) is 2.89. The Hall–Kier alpha value is -2.10. The normalized spacial score (nSPS) is 20.5. The summed E-state index contributed by atoms with van der Waals surface area (Å²) in [6.07, 6.45) is 3.24. The van der Waals surface area contributed by atoms with Crippen LogP contribution in [-0.2, 0) is 16.1 Å². The van der Waals surface area contributed by atoms with Crippen LogP contribution in [-0.4, -0.2) is 19.8 Å². The molecular weight excluding hydrogens is 300 g/mol. The first-order chi connectivity index (χ1) is 11.8. The first kappa shape index (κ1) is 16.7. The quantitative estimate of drug-likeness (QED) is 0.722. The molecule has 0 fully saturated rings. The summed E-state index contributed by atoms with van der Waals surface area (Å²) < 4.78 is 17.3. The summed E-state index contributed by atoms with van der Waals surface area (Å²) in [5.41, 5.74) is 3.59. The highest BCUT2D eigenvalue weighted by Gasteiger charge is 2.24. The summed E-state index contributed by atoms with van der Waals surface area (Å²) in [5.74, 6) is 0.860. The molecule has 2 atom stereocenters. The zero-order chi connectivity index (χ0) is 16.8. The lowest BCUT2D eigenvalue weighted by molar-refractivity contribution is -0.0552. The summed E-state index contributed by atoms with van der Waals surface area (Å²) in [4.78, 5) is 0. The lowest BCUT2D eigenvalue weighted by Gasteiger charge is -2.30. The molecule has 3 nitrogen and oxygen atoms in total. The fourth-order valence-corrected chi connectivity index (χ4v) is 2.89. The minimum absolute atomic E-state index is 0.00465. The van der Waals surface area contributed by atoms with Gasteiger partial charge in [0.25, 0.3) is 0 Å². The van der Waals surface area contributed by atoms with E-state index < -0.39 is 0 Å². The Morgan fingerprint density at radius 1 is 1.04 bits per heavy atom. The molecule has 3 rings (SSSR count). The second-order valence-electron chi connectivity index (χ2n) is 6.10. The maximum absolute atomic E-state index is 6.26. The summed E-state index contributed by atoms with van der Waals surface area (Å²) in [6, 6.07) is 18.3. The van der Waals surface area contributed by atoms with E-state index in [2.05, 4.69) is 37.3 Å². The molecule has 2 aromatic carbocycles. The highest BCUT2D eigenvalue weighted by Crippen LogP contribution is 2.33. The Kier molecular flexibility index (Phi) is 5.68. The van der Waals surface area contributed by atoms with Gasteiger partial charge in [-0.3, -0.25) is 0 Å². The Morgan fingerprint density at radius 2 is 1.79 bits per heavy atom. The molecule has 0 spiro atoms. The predicted molar refractivity (Wildman–Crippen MR) is 95.1 cm³/mol.